The van der Waals surface area contributed by atoms with Crippen molar-refractivity contribution in [3.8, 4) is 39.4 Å². The number of nitrogens with zero attached hydrogens (tertiary/aromatic N) is 2. The zero-order chi connectivity index (χ0) is 21.3. The molecule has 3 aromatic carbocycles. The Morgan fingerprint density at radius 2 is 1.37 bits per heavy atom. The van der Waals surface area contributed by atoms with Crippen LogP contribution >= 0.6 is 0 Å². The van der Waals surface area contributed by atoms with Crippen molar-refractivity contribution in [1.29, 1.82) is 0 Å². The van der Waals surface area contributed by atoms with Crippen LogP contribution in [-0.2, 0) is 13.2 Å². The van der Waals surface area contributed by atoms with Gasteiger partial charge in [-0.25, -0.2) is 0 Å². The summed E-state index contributed by atoms with van der Waals surface area (Å²) in [6.07, 6.45) is -4.38. The fourth-order valence-corrected chi connectivity index (χ4v) is 3.50. The van der Waals surface area contributed by atoms with Crippen molar-refractivity contribution >= 4 is 0 Å². The number of methoxy groups -OCH3 is 1. The second-order valence-electron chi connectivity index (χ2n) is 6.87. The van der Waals surface area contributed by atoms with Gasteiger partial charge in [0.15, 0.2) is 0 Å². The number of ether oxygens (including phenoxy) is 1. The van der Waals surface area contributed by atoms with E-state index in [2.05, 4.69) is 0 Å². The van der Waals surface area contributed by atoms with Crippen molar-refractivity contribution in [2.45, 2.75) is 6.18 Å². The molecule has 0 N–H and O–H groups in total. The van der Waals surface area contributed by atoms with Crippen LogP contribution in [0.5, 0.6) is 5.75 Å². The first-order valence-electron chi connectivity index (χ1n) is 9.33. The van der Waals surface area contributed by atoms with Crippen molar-refractivity contribution in [2.75, 3.05) is 7.11 Å². The van der Waals surface area contributed by atoms with Crippen LogP contribution in [0.1, 0.15) is 5.56 Å². The standard InChI is InChI=1S/C24H19F3N2O/c1-29-23(18-6-4-3-5-7-18)21(16-8-12-19(13-9-16)24(25,26)27)22(28-29)17-10-14-20(30-2)15-11-17/h3-15H,1-2H3. The molecule has 0 unspecified atom stereocenters. The number of aryl methyl sites for hydroxylation is 1. The van der Waals surface area contributed by atoms with E-state index in [0.29, 0.717) is 17.0 Å². The molecular formula is C24H19F3N2O. The summed E-state index contributed by atoms with van der Waals surface area (Å²) in [6, 6.07) is 22.4. The van der Waals surface area contributed by atoms with E-state index in [0.717, 1.165) is 34.5 Å². The molecule has 0 atom stereocenters. The van der Waals surface area contributed by atoms with Crippen molar-refractivity contribution in [3.05, 3.63) is 84.4 Å². The van der Waals surface area contributed by atoms with Crippen LogP contribution < -0.4 is 4.74 Å². The molecule has 4 rings (SSSR count). The van der Waals surface area contributed by atoms with Gasteiger partial charge in [0.1, 0.15) is 11.4 Å². The second kappa shape index (κ2) is 7.71. The molecule has 0 aliphatic rings. The van der Waals surface area contributed by atoms with Crippen LogP contribution in [0.3, 0.4) is 0 Å². The minimum absolute atomic E-state index is 0.667. The quantitative estimate of drug-likeness (QED) is 0.388. The van der Waals surface area contributed by atoms with Crippen LogP contribution in [0.15, 0.2) is 78.9 Å². The van der Waals surface area contributed by atoms with Crippen molar-refractivity contribution in [1.82, 2.24) is 9.78 Å². The monoisotopic (exact) mass is 408 g/mol. The lowest BCUT2D eigenvalue weighted by Gasteiger charge is -2.11. The molecule has 1 aromatic heterocycles. The fourth-order valence-electron chi connectivity index (χ4n) is 3.50. The highest BCUT2D eigenvalue weighted by Crippen LogP contribution is 2.41. The summed E-state index contributed by atoms with van der Waals surface area (Å²) in [6.45, 7) is 0. The van der Waals surface area contributed by atoms with Crippen LogP contribution in [0.4, 0.5) is 13.2 Å². The molecule has 30 heavy (non-hydrogen) atoms. The third-order valence-electron chi connectivity index (χ3n) is 4.96. The Morgan fingerprint density at radius 1 is 0.767 bits per heavy atom. The topological polar surface area (TPSA) is 27.1 Å². The Bertz CT molecular complexity index is 1150. The van der Waals surface area contributed by atoms with Gasteiger partial charge in [-0.1, -0.05) is 42.5 Å². The predicted octanol–water partition coefficient (Wildman–Crippen LogP) is 6.45. The van der Waals surface area contributed by atoms with Gasteiger partial charge in [-0.15, -0.1) is 0 Å². The first kappa shape index (κ1) is 19.8. The molecule has 152 valence electrons. The third kappa shape index (κ3) is 3.68. The van der Waals surface area contributed by atoms with E-state index in [4.69, 9.17) is 9.84 Å². The number of hydrogen-bond acceptors (Lipinski definition) is 2. The van der Waals surface area contributed by atoms with Crippen LogP contribution in [0.25, 0.3) is 33.6 Å². The first-order chi connectivity index (χ1) is 14.4. The molecule has 0 saturated carbocycles. The van der Waals surface area contributed by atoms with Gasteiger partial charge in [0.2, 0.25) is 0 Å². The Kier molecular flexibility index (Phi) is 5.08. The zero-order valence-corrected chi connectivity index (χ0v) is 16.4. The maximum atomic E-state index is 13.1. The lowest BCUT2D eigenvalue weighted by molar-refractivity contribution is -0.137. The van der Waals surface area contributed by atoms with E-state index in [9.17, 15) is 13.2 Å². The highest BCUT2D eigenvalue weighted by molar-refractivity contribution is 5.91. The van der Waals surface area contributed by atoms with E-state index < -0.39 is 11.7 Å². The van der Waals surface area contributed by atoms with Gasteiger partial charge >= 0.3 is 6.18 Å². The molecule has 0 fully saturated rings. The fraction of sp³-hybridized carbons (Fsp3) is 0.125. The minimum Gasteiger partial charge on any atom is -0.497 e. The predicted molar refractivity (Wildman–Crippen MR) is 111 cm³/mol. The molecule has 0 amide bonds. The number of halogens is 3. The van der Waals surface area contributed by atoms with E-state index in [1.165, 1.54) is 12.1 Å². The summed E-state index contributed by atoms with van der Waals surface area (Å²) >= 11 is 0. The Labute approximate surface area is 172 Å². The number of rotatable bonds is 4. The normalized spacial score (nSPS) is 11.5. The summed E-state index contributed by atoms with van der Waals surface area (Å²) in [4.78, 5) is 0. The van der Waals surface area contributed by atoms with E-state index in [-0.39, 0.29) is 0 Å². The Balaban J connectivity index is 1.93. The second-order valence-corrected chi connectivity index (χ2v) is 6.87. The highest BCUT2D eigenvalue weighted by atomic mass is 19.4. The molecule has 0 aliphatic heterocycles. The molecule has 0 aliphatic carbocycles. The van der Waals surface area contributed by atoms with Gasteiger partial charge in [0, 0.05) is 23.7 Å². The smallest absolute Gasteiger partial charge is 0.416 e. The first-order valence-corrected chi connectivity index (χ1v) is 9.33. The van der Waals surface area contributed by atoms with Crippen molar-refractivity contribution < 1.29 is 17.9 Å². The van der Waals surface area contributed by atoms with E-state index >= 15 is 0 Å². The minimum atomic E-state index is -4.38. The molecule has 4 aromatic rings. The Hall–Kier alpha value is -3.54. The molecular weight excluding hydrogens is 389 g/mol. The van der Waals surface area contributed by atoms with Gasteiger partial charge in [0.25, 0.3) is 0 Å². The van der Waals surface area contributed by atoms with Crippen LogP contribution in [0.2, 0.25) is 0 Å². The van der Waals surface area contributed by atoms with Gasteiger partial charge in [0.05, 0.1) is 18.4 Å². The van der Waals surface area contributed by atoms with Gasteiger partial charge in [-0.3, -0.25) is 4.68 Å². The van der Waals surface area contributed by atoms with Crippen molar-refractivity contribution in [3.63, 3.8) is 0 Å². The summed E-state index contributed by atoms with van der Waals surface area (Å²) < 4.78 is 46.2. The largest absolute Gasteiger partial charge is 0.497 e. The Morgan fingerprint density at radius 3 is 1.93 bits per heavy atom. The third-order valence-corrected chi connectivity index (χ3v) is 4.96. The van der Waals surface area contributed by atoms with Gasteiger partial charge in [-0.2, -0.15) is 18.3 Å². The average molecular weight is 408 g/mol. The maximum Gasteiger partial charge on any atom is 0.416 e. The lowest BCUT2D eigenvalue weighted by Crippen LogP contribution is -2.04. The van der Waals surface area contributed by atoms with Gasteiger partial charge in [-0.05, 0) is 42.0 Å². The SMILES string of the molecule is COc1ccc(-c2nn(C)c(-c3ccccc3)c2-c2ccc(C(F)(F)F)cc2)cc1. The molecule has 0 bridgehead atoms. The molecule has 0 saturated heterocycles. The van der Waals surface area contributed by atoms with E-state index in [1.807, 2.05) is 61.6 Å². The molecule has 0 spiro atoms. The molecule has 3 nitrogen and oxygen atoms in total. The number of hydrogen-bond donors (Lipinski definition) is 0. The maximum absolute atomic E-state index is 13.1. The lowest BCUT2D eigenvalue weighted by atomic mass is 9.95. The molecule has 6 heteroatoms. The van der Waals surface area contributed by atoms with Crippen LogP contribution in [-0.4, -0.2) is 16.9 Å². The van der Waals surface area contributed by atoms with E-state index in [1.54, 1.807) is 11.8 Å². The summed E-state index contributed by atoms with van der Waals surface area (Å²) in [5.41, 5.74) is 4.08. The summed E-state index contributed by atoms with van der Waals surface area (Å²) in [5, 5.41) is 4.71. The number of alkyl halides is 3. The highest BCUT2D eigenvalue weighted by Gasteiger charge is 2.30. The molecule has 0 radical (unpaired) electrons. The summed E-state index contributed by atoms with van der Waals surface area (Å²) in [7, 11) is 3.43. The van der Waals surface area contributed by atoms with Gasteiger partial charge < -0.3 is 4.74 Å². The molecule has 1 heterocycles. The summed E-state index contributed by atoms with van der Waals surface area (Å²) in [5.74, 6) is 0.717. The van der Waals surface area contributed by atoms with Crippen LogP contribution in [0, 0.1) is 0 Å². The number of benzene rings is 3. The average Bonchev–Trinajstić information content (AvgIpc) is 3.11. The van der Waals surface area contributed by atoms with Crippen molar-refractivity contribution in [2.24, 2.45) is 7.05 Å². The zero-order valence-electron chi connectivity index (χ0n) is 16.4. The number of aromatic nitrogens is 2.